The van der Waals surface area contributed by atoms with Crippen molar-refractivity contribution >= 4 is 44.7 Å². The van der Waals surface area contributed by atoms with E-state index in [9.17, 15) is 9.59 Å². The largest absolute Gasteiger partial charge is 0.325 e. The highest BCUT2D eigenvalue weighted by molar-refractivity contribution is 7.18. The molecule has 1 N–H and O–H groups in total. The number of aromatic nitrogens is 2. The Bertz CT molecular complexity index is 1040. The summed E-state index contributed by atoms with van der Waals surface area (Å²) in [5, 5.41) is 4.07. The third-order valence-electron chi connectivity index (χ3n) is 4.72. The number of aryl methyl sites for hydroxylation is 1. The minimum Gasteiger partial charge on any atom is -0.325 e. The Labute approximate surface area is 159 Å². The highest BCUT2D eigenvalue weighted by Gasteiger charge is 2.23. The molecule has 2 aromatic heterocycles. The highest BCUT2D eigenvalue weighted by Crippen LogP contribution is 2.35. The molecule has 4 rings (SSSR count). The molecule has 0 saturated carbocycles. The van der Waals surface area contributed by atoms with Crippen molar-refractivity contribution in [2.75, 3.05) is 5.32 Å². The maximum absolute atomic E-state index is 12.9. The SMILES string of the molecule is C[C@H]1CCc2c(sc3ncn(CC(=O)Nc4ccc(Cl)cc4)c(=O)c23)C1. The second-order valence-electron chi connectivity index (χ2n) is 6.76. The Morgan fingerprint density at radius 1 is 1.38 bits per heavy atom. The van der Waals surface area contributed by atoms with Crippen LogP contribution < -0.4 is 10.9 Å². The molecule has 2 heterocycles. The van der Waals surface area contributed by atoms with Gasteiger partial charge >= 0.3 is 0 Å². The molecule has 5 nitrogen and oxygen atoms in total. The normalized spacial score (nSPS) is 16.5. The van der Waals surface area contributed by atoms with Crippen molar-refractivity contribution in [2.45, 2.75) is 32.7 Å². The monoisotopic (exact) mass is 387 g/mol. The number of amides is 1. The first-order chi connectivity index (χ1) is 12.5. The van der Waals surface area contributed by atoms with E-state index in [-0.39, 0.29) is 18.0 Å². The van der Waals surface area contributed by atoms with Gasteiger partial charge in [0.25, 0.3) is 5.56 Å². The van der Waals surface area contributed by atoms with Crippen LogP contribution >= 0.6 is 22.9 Å². The highest BCUT2D eigenvalue weighted by atomic mass is 35.5. The Morgan fingerprint density at radius 3 is 2.92 bits per heavy atom. The van der Waals surface area contributed by atoms with E-state index in [1.54, 1.807) is 35.6 Å². The van der Waals surface area contributed by atoms with Gasteiger partial charge in [0, 0.05) is 15.6 Å². The van der Waals surface area contributed by atoms with E-state index in [0.29, 0.717) is 22.0 Å². The van der Waals surface area contributed by atoms with Crippen LogP contribution in [0.1, 0.15) is 23.8 Å². The average Bonchev–Trinajstić information content (AvgIpc) is 2.97. The summed E-state index contributed by atoms with van der Waals surface area (Å²) >= 11 is 7.46. The molecule has 0 unspecified atom stereocenters. The molecule has 1 amide bonds. The molecule has 26 heavy (non-hydrogen) atoms. The number of hydrogen-bond acceptors (Lipinski definition) is 4. The lowest BCUT2D eigenvalue weighted by molar-refractivity contribution is -0.116. The number of rotatable bonds is 3. The van der Waals surface area contributed by atoms with Crippen LogP contribution in [0.3, 0.4) is 0 Å². The molecule has 0 aliphatic heterocycles. The summed E-state index contributed by atoms with van der Waals surface area (Å²) in [6.07, 6.45) is 4.48. The Morgan fingerprint density at radius 2 is 2.15 bits per heavy atom. The summed E-state index contributed by atoms with van der Waals surface area (Å²) in [4.78, 5) is 31.7. The van der Waals surface area contributed by atoms with Gasteiger partial charge in [-0.15, -0.1) is 11.3 Å². The van der Waals surface area contributed by atoms with Crippen LogP contribution in [-0.2, 0) is 24.2 Å². The van der Waals surface area contributed by atoms with E-state index in [0.717, 1.165) is 29.7 Å². The number of benzene rings is 1. The van der Waals surface area contributed by atoms with Gasteiger partial charge in [0.15, 0.2) is 0 Å². The topological polar surface area (TPSA) is 64.0 Å². The van der Waals surface area contributed by atoms with Crippen LogP contribution in [0.5, 0.6) is 0 Å². The summed E-state index contributed by atoms with van der Waals surface area (Å²) in [5.74, 6) is 0.372. The minimum atomic E-state index is -0.270. The maximum Gasteiger partial charge on any atom is 0.262 e. The molecule has 0 bridgehead atoms. The van der Waals surface area contributed by atoms with Crippen LogP contribution in [0.2, 0.25) is 5.02 Å². The number of anilines is 1. The van der Waals surface area contributed by atoms with Gasteiger partial charge in [-0.2, -0.15) is 0 Å². The Kier molecular flexibility index (Phi) is 4.54. The van der Waals surface area contributed by atoms with Gasteiger partial charge in [-0.3, -0.25) is 14.2 Å². The van der Waals surface area contributed by atoms with Gasteiger partial charge in [-0.05, 0) is 55.0 Å². The van der Waals surface area contributed by atoms with Gasteiger partial charge in [-0.25, -0.2) is 4.98 Å². The van der Waals surface area contributed by atoms with E-state index in [2.05, 4.69) is 17.2 Å². The van der Waals surface area contributed by atoms with Crippen molar-refractivity contribution in [1.29, 1.82) is 0 Å². The number of nitrogens with one attached hydrogen (secondary N) is 1. The molecule has 7 heteroatoms. The lowest BCUT2D eigenvalue weighted by Crippen LogP contribution is -2.28. The summed E-state index contributed by atoms with van der Waals surface area (Å²) < 4.78 is 1.39. The molecule has 0 radical (unpaired) electrons. The van der Waals surface area contributed by atoms with Crippen LogP contribution in [0.15, 0.2) is 35.4 Å². The number of carbonyl (C=O) groups is 1. The molecule has 0 saturated heterocycles. The van der Waals surface area contributed by atoms with E-state index in [4.69, 9.17) is 11.6 Å². The molecule has 0 fully saturated rings. The van der Waals surface area contributed by atoms with Crippen LogP contribution in [0.25, 0.3) is 10.2 Å². The van der Waals surface area contributed by atoms with E-state index < -0.39 is 0 Å². The molecule has 1 aromatic carbocycles. The van der Waals surface area contributed by atoms with Crippen LogP contribution in [0.4, 0.5) is 5.69 Å². The number of thiophene rings is 1. The number of fused-ring (bicyclic) bond motifs is 3. The van der Waals surface area contributed by atoms with Gasteiger partial charge in [0.2, 0.25) is 5.91 Å². The van der Waals surface area contributed by atoms with Crippen LogP contribution in [-0.4, -0.2) is 15.5 Å². The van der Waals surface area contributed by atoms with Crippen molar-refractivity contribution in [3.8, 4) is 0 Å². The predicted octanol–water partition coefficient (Wildman–Crippen LogP) is 3.87. The first kappa shape index (κ1) is 17.2. The quantitative estimate of drug-likeness (QED) is 0.741. The van der Waals surface area contributed by atoms with Crippen LogP contribution in [0, 0.1) is 5.92 Å². The zero-order chi connectivity index (χ0) is 18.3. The lowest BCUT2D eigenvalue weighted by atomic mass is 9.89. The van der Waals surface area contributed by atoms with Crippen molar-refractivity contribution < 1.29 is 4.79 Å². The minimum absolute atomic E-state index is 0.0641. The predicted molar refractivity (Wildman–Crippen MR) is 105 cm³/mol. The second kappa shape index (κ2) is 6.85. The molecular formula is C19H18ClN3O2S. The number of carbonyl (C=O) groups excluding carboxylic acids is 1. The zero-order valence-electron chi connectivity index (χ0n) is 14.3. The zero-order valence-corrected chi connectivity index (χ0v) is 15.9. The van der Waals surface area contributed by atoms with Crippen molar-refractivity contribution in [2.24, 2.45) is 5.92 Å². The first-order valence-electron chi connectivity index (χ1n) is 8.56. The van der Waals surface area contributed by atoms with Gasteiger partial charge in [0.1, 0.15) is 11.4 Å². The van der Waals surface area contributed by atoms with Gasteiger partial charge < -0.3 is 5.32 Å². The molecule has 1 aliphatic carbocycles. The molecule has 0 spiro atoms. The fraction of sp³-hybridized carbons (Fsp3) is 0.316. The lowest BCUT2D eigenvalue weighted by Gasteiger charge is -2.17. The summed E-state index contributed by atoms with van der Waals surface area (Å²) in [7, 11) is 0. The standard InChI is InChI=1S/C19H18ClN3O2S/c1-11-2-7-14-15(8-11)26-18-17(14)19(25)23(10-21-18)9-16(24)22-13-5-3-12(20)4-6-13/h3-6,10-11H,2,7-9H2,1H3,(H,22,24)/t11-/m0/s1. The van der Waals surface area contributed by atoms with E-state index in [1.165, 1.54) is 15.8 Å². The molecule has 1 atom stereocenters. The maximum atomic E-state index is 12.9. The third kappa shape index (κ3) is 3.27. The number of nitrogens with zero attached hydrogens (tertiary/aromatic N) is 2. The van der Waals surface area contributed by atoms with Crippen molar-refractivity contribution in [1.82, 2.24) is 9.55 Å². The summed E-state index contributed by atoms with van der Waals surface area (Å²) in [5.41, 5.74) is 1.64. The first-order valence-corrected chi connectivity index (χ1v) is 9.76. The number of halogens is 1. The fourth-order valence-corrected chi connectivity index (χ4v) is 4.83. The van der Waals surface area contributed by atoms with Crippen molar-refractivity contribution in [3.63, 3.8) is 0 Å². The molecule has 1 aliphatic rings. The van der Waals surface area contributed by atoms with Gasteiger partial charge in [0.05, 0.1) is 11.7 Å². The molecular weight excluding hydrogens is 370 g/mol. The smallest absolute Gasteiger partial charge is 0.262 e. The van der Waals surface area contributed by atoms with E-state index in [1.807, 2.05) is 0 Å². The number of hydrogen-bond donors (Lipinski definition) is 1. The Hall–Kier alpha value is -2.18. The third-order valence-corrected chi connectivity index (χ3v) is 6.14. The van der Waals surface area contributed by atoms with Gasteiger partial charge in [-0.1, -0.05) is 18.5 Å². The second-order valence-corrected chi connectivity index (χ2v) is 8.28. The molecule has 3 aromatic rings. The molecule has 134 valence electrons. The summed E-state index contributed by atoms with van der Waals surface area (Å²) in [6.45, 7) is 2.17. The summed E-state index contributed by atoms with van der Waals surface area (Å²) in [6, 6.07) is 6.85. The van der Waals surface area contributed by atoms with E-state index >= 15 is 0 Å². The Balaban J connectivity index is 1.61. The average molecular weight is 388 g/mol. The fourth-order valence-electron chi connectivity index (χ4n) is 3.37. The van der Waals surface area contributed by atoms with Crippen molar-refractivity contribution in [3.05, 3.63) is 56.4 Å².